The summed E-state index contributed by atoms with van der Waals surface area (Å²) in [5, 5.41) is 10.2. The van der Waals surface area contributed by atoms with Crippen LogP contribution in [0.2, 0.25) is 0 Å². The standard InChI is InChI=1S/C28H42O/c1-18(2)19(3)7-8-20(4)24-11-12-25-23-10-9-21-17-22(29)13-15-27(21,5)26(23)14-16-28(24,25)6/h7-10,19-20,22,24-26,29H,1,11-17H2,2-6H3/b8-7+. The molecule has 8 unspecified atom stereocenters. The number of hydrogen-bond donors (Lipinski definition) is 1. The maximum absolute atomic E-state index is 10.2. The predicted molar refractivity (Wildman–Crippen MR) is 123 cm³/mol. The van der Waals surface area contributed by atoms with Crippen LogP contribution in [0.15, 0.2) is 47.6 Å². The van der Waals surface area contributed by atoms with Crippen molar-refractivity contribution < 1.29 is 5.11 Å². The van der Waals surface area contributed by atoms with E-state index in [1.54, 1.807) is 5.57 Å². The van der Waals surface area contributed by atoms with Crippen LogP contribution in [0.5, 0.6) is 0 Å². The summed E-state index contributed by atoms with van der Waals surface area (Å²) in [5.41, 5.74) is 5.27. The molecule has 0 spiro atoms. The second-order valence-corrected chi connectivity index (χ2v) is 11.4. The van der Waals surface area contributed by atoms with Crippen LogP contribution in [-0.2, 0) is 0 Å². The maximum atomic E-state index is 10.2. The number of fused-ring (bicyclic) bond motifs is 5. The van der Waals surface area contributed by atoms with Crippen molar-refractivity contribution >= 4 is 0 Å². The van der Waals surface area contributed by atoms with E-state index in [2.05, 4.69) is 65.5 Å². The Bertz CT molecular complexity index is 754. The van der Waals surface area contributed by atoms with Gasteiger partial charge in [0.25, 0.3) is 0 Å². The summed E-state index contributed by atoms with van der Waals surface area (Å²) in [6, 6.07) is 0. The number of aliphatic hydroxyl groups excluding tert-OH is 1. The lowest BCUT2D eigenvalue weighted by Crippen LogP contribution is -2.46. The monoisotopic (exact) mass is 394 g/mol. The summed E-state index contributed by atoms with van der Waals surface area (Å²) in [6.07, 6.45) is 18.1. The van der Waals surface area contributed by atoms with E-state index in [4.69, 9.17) is 0 Å². The minimum absolute atomic E-state index is 0.122. The highest BCUT2D eigenvalue weighted by Gasteiger charge is 2.56. The molecule has 0 radical (unpaired) electrons. The van der Waals surface area contributed by atoms with Crippen molar-refractivity contribution in [3.05, 3.63) is 47.6 Å². The molecule has 0 aliphatic heterocycles. The summed E-state index contributed by atoms with van der Waals surface area (Å²) in [5.74, 6) is 3.36. The van der Waals surface area contributed by atoms with Gasteiger partial charge in [0, 0.05) is 0 Å². The predicted octanol–water partition coefficient (Wildman–Crippen LogP) is 7.25. The molecule has 0 aromatic heterocycles. The number of rotatable bonds is 4. The molecular formula is C28H42O. The Hall–Kier alpha value is -1.08. The van der Waals surface area contributed by atoms with Gasteiger partial charge in [0.2, 0.25) is 0 Å². The Kier molecular flexibility index (Phi) is 5.52. The van der Waals surface area contributed by atoms with Gasteiger partial charge in [0.1, 0.15) is 0 Å². The van der Waals surface area contributed by atoms with Gasteiger partial charge in [-0.15, -0.1) is 0 Å². The van der Waals surface area contributed by atoms with Gasteiger partial charge in [-0.1, -0.05) is 75.3 Å². The lowest BCUT2D eigenvalue weighted by atomic mass is 9.50. The van der Waals surface area contributed by atoms with Crippen LogP contribution in [0.1, 0.15) is 79.6 Å². The molecule has 0 aromatic rings. The molecule has 0 aromatic carbocycles. The Morgan fingerprint density at radius 3 is 2.55 bits per heavy atom. The summed E-state index contributed by atoms with van der Waals surface area (Å²) >= 11 is 0. The topological polar surface area (TPSA) is 20.2 Å². The molecule has 4 aliphatic carbocycles. The van der Waals surface area contributed by atoms with E-state index in [0.29, 0.717) is 28.6 Å². The second kappa shape index (κ2) is 7.56. The van der Waals surface area contributed by atoms with Crippen molar-refractivity contribution in [2.75, 3.05) is 0 Å². The summed E-state index contributed by atoms with van der Waals surface area (Å²) in [6.45, 7) is 16.1. The fraction of sp³-hybridized carbons (Fsp3) is 0.714. The van der Waals surface area contributed by atoms with E-state index in [-0.39, 0.29) is 6.10 Å². The number of hydrogen-bond acceptors (Lipinski definition) is 1. The molecule has 1 nitrogen and oxygen atoms in total. The SMILES string of the molecule is C=C(C)C(C)/C=C/C(C)C1CCC2C3=CC=C4CC(O)CCC4(C)C3CCC21C. The second-order valence-electron chi connectivity index (χ2n) is 11.4. The lowest BCUT2D eigenvalue weighted by Gasteiger charge is -2.55. The van der Waals surface area contributed by atoms with Crippen LogP contribution in [-0.4, -0.2) is 11.2 Å². The van der Waals surface area contributed by atoms with Crippen molar-refractivity contribution in [2.24, 2.45) is 40.4 Å². The fourth-order valence-corrected chi connectivity index (χ4v) is 7.53. The van der Waals surface area contributed by atoms with Crippen molar-refractivity contribution in [1.82, 2.24) is 0 Å². The molecular weight excluding hydrogens is 352 g/mol. The van der Waals surface area contributed by atoms with E-state index in [1.165, 1.54) is 36.8 Å². The molecule has 0 saturated heterocycles. The Morgan fingerprint density at radius 2 is 1.83 bits per heavy atom. The molecule has 1 N–H and O–H groups in total. The largest absolute Gasteiger partial charge is 0.393 e. The minimum Gasteiger partial charge on any atom is -0.393 e. The highest BCUT2D eigenvalue weighted by atomic mass is 16.3. The first-order valence-corrected chi connectivity index (χ1v) is 12.1. The molecule has 0 heterocycles. The first-order chi connectivity index (χ1) is 13.7. The molecule has 8 atom stereocenters. The van der Waals surface area contributed by atoms with E-state index in [1.807, 2.05) is 0 Å². The van der Waals surface area contributed by atoms with Gasteiger partial charge in [-0.05, 0) is 92.3 Å². The van der Waals surface area contributed by atoms with Crippen LogP contribution in [0.25, 0.3) is 0 Å². The van der Waals surface area contributed by atoms with E-state index in [9.17, 15) is 5.11 Å². The third-order valence-electron chi connectivity index (χ3n) is 9.73. The maximum Gasteiger partial charge on any atom is 0.0578 e. The summed E-state index contributed by atoms with van der Waals surface area (Å²) in [4.78, 5) is 0. The molecule has 29 heavy (non-hydrogen) atoms. The average Bonchev–Trinajstić information content (AvgIpc) is 3.03. The van der Waals surface area contributed by atoms with Gasteiger partial charge < -0.3 is 5.11 Å². The van der Waals surface area contributed by atoms with Gasteiger partial charge in [0.05, 0.1) is 6.10 Å². The highest BCUT2D eigenvalue weighted by molar-refractivity contribution is 5.39. The molecule has 3 fully saturated rings. The van der Waals surface area contributed by atoms with Gasteiger partial charge in [-0.25, -0.2) is 0 Å². The third kappa shape index (κ3) is 3.42. The Morgan fingerprint density at radius 1 is 1.07 bits per heavy atom. The van der Waals surface area contributed by atoms with Gasteiger partial charge in [-0.2, -0.15) is 0 Å². The van der Waals surface area contributed by atoms with Crippen LogP contribution in [0.4, 0.5) is 0 Å². The first kappa shape index (κ1) is 21.2. The number of allylic oxidation sites excluding steroid dienone is 6. The third-order valence-corrected chi connectivity index (χ3v) is 9.73. The van der Waals surface area contributed by atoms with Gasteiger partial charge >= 0.3 is 0 Å². The minimum atomic E-state index is -0.122. The molecule has 160 valence electrons. The normalized spacial score (nSPS) is 43.7. The first-order valence-electron chi connectivity index (χ1n) is 12.1. The molecule has 4 rings (SSSR count). The van der Waals surface area contributed by atoms with E-state index in [0.717, 1.165) is 31.1 Å². The average molecular weight is 395 g/mol. The summed E-state index contributed by atoms with van der Waals surface area (Å²) < 4.78 is 0. The van der Waals surface area contributed by atoms with E-state index < -0.39 is 0 Å². The van der Waals surface area contributed by atoms with Crippen molar-refractivity contribution in [2.45, 2.75) is 85.7 Å². The van der Waals surface area contributed by atoms with Crippen molar-refractivity contribution in [3.63, 3.8) is 0 Å². The van der Waals surface area contributed by atoms with Crippen molar-refractivity contribution in [3.8, 4) is 0 Å². The summed E-state index contributed by atoms with van der Waals surface area (Å²) in [7, 11) is 0. The zero-order chi connectivity index (χ0) is 21.0. The lowest BCUT2D eigenvalue weighted by molar-refractivity contribution is 0.0383. The zero-order valence-corrected chi connectivity index (χ0v) is 19.4. The Labute approximate surface area is 179 Å². The molecule has 0 amide bonds. The van der Waals surface area contributed by atoms with Gasteiger partial charge in [-0.3, -0.25) is 0 Å². The smallest absolute Gasteiger partial charge is 0.0578 e. The molecule has 1 heteroatoms. The highest BCUT2D eigenvalue weighted by Crippen LogP contribution is 2.65. The Balaban J connectivity index is 1.57. The molecule has 3 saturated carbocycles. The quantitative estimate of drug-likeness (QED) is 0.498. The van der Waals surface area contributed by atoms with E-state index >= 15 is 0 Å². The molecule has 0 bridgehead atoms. The number of aliphatic hydroxyl groups is 1. The van der Waals surface area contributed by atoms with Crippen LogP contribution in [0, 0.1) is 40.4 Å². The van der Waals surface area contributed by atoms with Crippen molar-refractivity contribution in [1.29, 1.82) is 0 Å². The van der Waals surface area contributed by atoms with Gasteiger partial charge in [0.15, 0.2) is 0 Å². The zero-order valence-electron chi connectivity index (χ0n) is 19.4. The van der Waals surface area contributed by atoms with Crippen LogP contribution < -0.4 is 0 Å². The molecule has 4 aliphatic rings. The fourth-order valence-electron chi connectivity index (χ4n) is 7.53. The van der Waals surface area contributed by atoms with Crippen LogP contribution >= 0.6 is 0 Å². The van der Waals surface area contributed by atoms with Crippen LogP contribution in [0.3, 0.4) is 0 Å².